The van der Waals surface area contributed by atoms with Gasteiger partial charge in [0, 0.05) is 24.2 Å². The van der Waals surface area contributed by atoms with Crippen LogP contribution >= 0.6 is 0 Å². The van der Waals surface area contributed by atoms with Crippen LogP contribution in [-0.2, 0) is 19.6 Å². The van der Waals surface area contributed by atoms with Gasteiger partial charge in [0.05, 0.1) is 10.9 Å². The first-order chi connectivity index (χ1) is 13.8. The highest BCUT2D eigenvalue weighted by atomic mass is 32.2. The number of fused-ring (bicyclic) bond motifs is 1. The Morgan fingerprint density at radius 1 is 1.21 bits per heavy atom. The number of nitrogens with zero attached hydrogens (tertiary/aromatic N) is 2. The van der Waals surface area contributed by atoms with Crippen LogP contribution in [0, 0.1) is 5.82 Å². The highest BCUT2D eigenvalue weighted by Gasteiger charge is 2.32. The Morgan fingerprint density at radius 3 is 2.69 bits per heavy atom. The van der Waals surface area contributed by atoms with Gasteiger partial charge in [0.1, 0.15) is 18.2 Å². The number of halogens is 1. The normalized spacial score (nSPS) is 21.1. The fourth-order valence-corrected chi connectivity index (χ4v) is 4.60. The lowest BCUT2D eigenvalue weighted by Gasteiger charge is -2.17. The smallest absolute Gasteiger partial charge is 0.263 e. The Hall–Kier alpha value is -3.27. The number of sulfonamides is 1. The molecule has 0 unspecified atom stereocenters. The van der Waals surface area contributed by atoms with Crippen LogP contribution in [0.15, 0.2) is 58.4 Å². The van der Waals surface area contributed by atoms with E-state index in [-0.39, 0.29) is 36.1 Å². The number of aliphatic imine (C=N–C) groups is 1. The third-order valence-corrected chi connectivity index (χ3v) is 6.07. The molecule has 8 nitrogen and oxygen atoms in total. The number of anilines is 1. The van der Waals surface area contributed by atoms with Gasteiger partial charge < -0.3 is 10.2 Å². The van der Waals surface area contributed by atoms with Crippen molar-refractivity contribution in [2.45, 2.75) is 17.4 Å². The molecule has 2 aromatic carbocycles. The largest absolute Gasteiger partial charge is 0.349 e. The van der Waals surface area contributed by atoms with Crippen LogP contribution in [0.1, 0.15) is 12.0 Å². The number of hydrogen-bond donors (Lipinski definition) is 2. The summed E-state index contributed by atoms with van der Waals surface area (Å²) in [4.78, 5) is 30.1. The predicted octanol–water partition coefficient (Wildman–Crippen LogP) is 0.786. The Kier molecular flexibility index (Phi) is 4.79. The van der Waals surface area contributed by atoms with E-state index >= 15 is 0 Å². The third-order valence-electron chi connectivity index (χ3n) is 4.67. The van der Waals surface area contributed by atoms with Crippen LogP contribution < -0.4 is 14.9 Å². The van der Waals surface area contributed by atoms with E-state index in [0.717, 1.165) is 0 Å². The molecule has 2 aromatic rings. The molecule has 0 aromatic heterocycles. The molecule has 2 aliphatic rings. The summed E-state index contributed by atoms with van der Waals surface area (Å²) in [6.45, 7) is -0.0182. The third kappa shape index (κ3) is 3.83. The van der Waals surface area contributed by atoms with E-state index in [1.165, 1.54) is 35.2 Å². The van der Waals surface area contributed by atoms with E-state index in [1.54, 1.807) is 18.2 Å². The summed E-state index contributed by atoms with van der Waals surface area (Å²) in [5.74, 6) is -0.884. The minimum absolute atomic E-state index is 0.117. The number of benzene rings is 2. The van der Waals surface area contributed by atoms with Gasteiger partial charge in [-0.1, -0.05) is 12.1 Å². The molecule has 1 atom stereocenters. The summed E-state index contributed by atoms with van der Waals surface area (Å²) < 4.78 is 39.5. The van der Waals surface area contributed by atoms with Gasteiger partial charge in [-0.05, 0) is 36.4 Å². The van der Waals surface area contributed by atoms with E-state index in [2.05, 4.69) is 15.0 Å². The van der Waals surface area contributed by atoms with Gasteiger partial charge in [-0.15, -0.1) is 0 Å². The van der Waals surface area contributed by atoms with Crippen molar-refractivity contribution in [3.05, 3.63) is 59.9 Å². The molecule has 0 bridgehead atoms. The summed E-state index contributed by atoms with van der Waals surface area (Å²) in [5, 5.41) is 2.73. The minimum atomic E-state index is -3.66. The maximum atomic E-state index is 13.1. The predicted molar refractivity (Wildman–Crippen MR) is 103 cm³/mol. The van der Waals surface area contributed by atoms with E-state index in [1.807, 2.05) is 0 Å². The van der Waals surface area contributed by atoms with Gasteiger partial charge in [0.2, 0.25) is 11.8 Å². The van der Waals surface area contributed by atoms with E-state index in [0.29, 0.717) is 11.3 Å². The van der Waals surface area contributed by atoms with Crippen molar-refractivity contribution in [3.8, 4) is 0 Å². The lowest BCUT2D eigenvalue weighted by molar-refractivity contribution is -0.120. The molecule has 150 valence electrons. The Morgan fingerprint density at radius 2 is 1.93 bits per heavy atom. The number of carbonyl (C=O) groups excluding carboxylic acids is 2. The molecule has 2 heterocycles. The highest BCUT2D eigenvalue weighted by Crippen LogP contribution is 2.23. The number of nitrogens with one attached hydrogen (secondary N) is 2. The molecule has 29 heavy (non-hydrogen) atoms. The van der Waals surface area contributed by atoms with Crippen LogP contribution in [0.25, 0.3) is 0 Å². The van der Waals surface area contributed by atoms with Crippen molar-refractivity contribution >= 4 is 33.4 Å². The van der Waals surface area contributed by atoms with Crippen molar-refractivity contribution in [3.63, 3.8) is 0 Å². The Bertz CT molecular complexity index is 1120. The van der Waals surface area contributed by atoms with Gasteiger partial charge in [-0.2, -0.15) is 0 Å². The average Bonchev–Trinajstić information content (AvgIpc) is 3.18. The number of amidine groups is 1. The van der Waals surface area contributed by atoms with Crippen molar-refractivity contribution in [2.24, 2.45) is 4.99 Å². The zero-order chi connectivity index (χ0) is 20.6. The number of rotatable bonds is 4. The molecule has 2 amide bonds. The molecule has 2 aliphatic heterocycles. The summed E-state index contributed by atoms with van der Waals surface area (Å²) in [5.41, 5.74) is 0.976. The molecular weight excluding hydrogens is 399 g/mol. The van der Waals surface area contributed by atoms with Crippen LogP contribution in [0.4, 0.5) is 10.1 Å². The van der Waals surface area contributed by atoms with Gasteiger partial charge in [-0.3, -0.25) is 19.3 Å². The van der Waals surface area contributed by atoms with Crippen molar-refractivity contribution in [1.82, 2.24) is 10.0 Å². The number of carbonyl (C=O) groups is 2. The van der Waals surface area contributed by atoms with E-state index in [9.17, 15) is 22.4 Å². The van der Waals surface area contributed by atoms with Gasteiger partial charge in [0.25, 0.3) is 10.0 Å². The SMILES string of the molecule is O=C(CN=C1NS(=O)(=O)c2ccccc21)N[C@@H]1CC(=O)N(c2ccc(F)cc2)C1. The lowest BCUT2D eigenvalue weighted by Crippen LogP contribution is -2.38. The second-order valence-corrected chi connectivity index (χ2v) is 8.37. The Balaban J connectivity index is 1.39. The first kappa shape index (κ1) is 19.1. The number of amides is 2. The molecule has 1 fully saturated rings. The zero-order valence-corrected chi connectivity index (χ0v) is 15.9. The minimum Gasteiger partial charge on any atom is -0.349 e. The van der Waals surface area contributed by atoms with Crippen molar-refractivity contribution < 1.29 is 22.4 Å². The molecule has 0 radical (unpaired) electrons. The average molecular weight is 416 g/mol. The Labute approximate surface area is 166 Å². The first-order valence-corrected chi connectivity index (χ1v) is 10.3. The molecule has 0 saturated carbocycles. The number of hydrogen-bond acceptors (Lipinski definition) is 5. The second-order valence-electron chi connectivity index (χ2n) is 6.72. The second kappa shape index (κ2) is 7.28. The monoisotopic (exact) mass is 416 g/mol. The van der Waals surface area contributed by atoms with Gasteiger partial charge in [-0.25, -0.2) is 12.8 Å². The van der Waals surface area contributed by atoms with Crippen LogP contribution in [0.5, 0.6) is 0 Å². The van der Waals surface area contributed by atoms with Crippen molar-refractivity contribution in [2.75, 3.05) is 18.0 Å². The molecule has 10 heteroatoms. The highest BCUT2D eigenvalue weighted by molar-refractivity contribution is 7.90. The lowest BCUT2D eigenvalue weighted by atomic mass is 10.2. The fraction of sp³-hybridized carbons (Fsp3) is 0.211. The maximum absolute atomic E-state index is 13.1. The summed E-state index contributed by atoms with van der Waals surface area (Å²) in [6, 6.07) is 11.5. The topological polar surface area (TPSA) is 108 Å². The quantitative estimate of drug-likeness (QED) is 0.768. The molecule has 0 aliphatic carbocycles. The maximum Gasteiger partial charge on any atom is 0.263 e. The fourth-order valence-electron chi connectivity index (χ4n) is 3.35. The van der Waals surface area contributed by atoms with Crippen molar-refractivity contribution in [1.29, 1.82) is 0 Å². The summed E-state index contributed by atoms with van der Waals surface area (Å²) in [6.07, 6.45) is 0.120. The van der Waals surface area contributed by atoms with Gasteiger partial charge in [0.15, 0.2) is 0 Å². The van der Waals surface area contributed by atoms with E-state index in [4.69, 9.17) is 0 Å². The van der Waals surface area contributed by atoms with E-state index < -0.39 is 27.8 Å². The molecule has 2 N–H and O–H groups in total. The molecule has 1 saturated heterocycles. The standard InChI is InChI=1S/C19H17FN4O4S/c20-12-5-7-14(8-6-12)24-11-13(9-18(24)26)22-17(25)10-21-19-15-3-1-2-4-16(15)29(27,28)23-19/h1-8,13H,9-11H2,(H,21,23)(H,22,25)/t13-/m1/s1. The van der Waals surface area contributed by atoms with Crippen LogP contribution in [0.2, 0.25) is 0 Å². The molecule has 0 spiro atoms. The van der Waals surface area contributed by atoms with Crippen LogP contribution in [-0.4, -0.2) is 45.2 Å². The van der Waals surface area contributed by atoms with Gasteiger partial charge >= 0.3 is 0 Å². The van der Waals surface area contributed by atoms with Crippen LogP contribution in [0.3, 0.4) is 0 Å². The molecule has 4 rings (SSSR count). The zero-order valence-electron chi connectivity index (χ0n) is 15.1. The first-order valence-electron chi connectivity index (χ1n) is 8.85. The summed E-state index contributed by atoms with van der Waals surface area (Å²) in [7, 11) is -3.66. The molecular formula is C19H17FN4O4S. The summed E-state index contributed by atoms with van der Waals surface area (Å²) >= 11 is 0.